The second-order valence-corrected chi connectivity index (χ2v) is 16.1. The molecule has 0 aromatic rings. The van der Waals surface area contributed by atoms with Crippen molar-refractivity contribution in [1.82, 2.24) is 10.2 Å². The van der Waals surface area contributed by atoms with Crippen LogP contribution in [0.25, 0.3) is 0 Å². The monoisotopic (exact) mass is 956 g/mol. The Morgan fingerprint density at radius 1 is 0.952 bits per heavy atom. The Morgan fingerprint density at radius 3 is 1.87 bits per heavy atom. The van der Waals surface area contributed by atoms with Crippen LogP contribution in [0.5, 0.6) is 0 Å². The average Bonchev–Trinajstić information content (AvgIpc) is 3.12. The van der Waals surface area contributed by atoms with Crippen LogP contribution in [0, 0.1) is 5.92 Å². The molecular formula is C40H62BrN4NaO16-2. The Hall–Kier alpha value is -3.73. The zero-order valence-corrected chi connectivity index (χ0v) is 41.1. The van der Waals surface area contributed by atoms with Crippen LogP contribution in [0.4, 0.5) is 9.59 Å². The minimum atomic E-state index is -1.27. The summed E-state index contributed by atoms with van der Waals surface area (Å²) in [4.78, 5) is 69.4. The number of aliphatic hydroxyl groups excluding tert-OH is 2. The number of imide groups is 1. The number of aliphatic imine (C=N–C) groups is 2. The first-order valence-electron chi connectivity index (χ1n) is 19.4. The number of amides is 3. The molecule has 0 spiro atoms. The van der Waals surface area contributed by atoms with Gasteiger partial charge in [-0.25, -0.2) is 19.3 Å². The quantitative estimate of drug-likeness (QED) is 0.0403. The molecule has 5 unspecified atom stereocenters. The molecular weight excluding hydrogens is 895 g/mol. The molecule has 20 nitrogen and oxygen atoms in total. The predicted octanol–water partition coefficient (Wildman–Crippen LogP) is -2.07. The molecule has 348 valence electrons. The molecule has 3 N–H and O–H groups in total. The molecule has 4 rings (SSSR count). The Kier molecular flexibility index (Phi) is 28.8. The maximum absolute atomic E-state index is 12.8. The van der Waals surface area contributed by atoms with Crippen molar-refractivity contribution in [2.75, 3.05) is 33.0 Å². The second-order valence-electron chi connectivity index (χ2n) is 15.0. The first kappa shape index (κ1) is 60.4. The zero-order chi connectivity index (χ0) is 47.2. The number of rotatable bonds is 10. The SMILES string of the molecule is C=CCOC([O-])=NC1CC2C(=O)N(C(=O)OC(C)(C)C)C1C(OC(C)=O)C2Br.C=CCOC([O-])=N[C@H]1CC(C(=O)OCC)=C[C@@H](O)[C@@H]1NC(=O)OC(C)(C)C.CCO.CC[O-].[Na+]. The summed E-state index contributed by atoms with van der Waals surface area (Å²) in [6.45, 7) is 23.5. The van der Waals surface area contributed by atoms with E-state index in [1.54, 1.807) is 62.3 Å². The summed E-state index contributed by atoms with van der Waals surface area (Å²) >= 11 is 3.41. The van der Waals surface area contributed by atoms with Crippen molar-refractivity contribution in [1.29, 1.82) is 0 Å². The van der Waals surface area contributed by atoms with Gasteiger partial charge in [0.1, 0.15) is 35.5 Å². The zero-order valence-electron chi connectivity index (χ0n) is 37.5. The number of nitrogens with zero attached hydrogens (tertiary/aromatic N) is 3. The molecule has 22 heteroatoms. The number of alkyl carbamates (subject to hydrolysis) is 1. The summed E-state index contributed by atoms with van der Waals surface area (Å²) in [6, 6.07) is -3.69. The van der Waals surface area contributed by atoms with Crippen LogP contribution >= 0.6 is 15.9 Å². The molecule has 2 heterocycles. The molecule has 2 bridgehead atoms. The first-order valence-corrected chi connectivity index (χ1v) is 20.4. The van der Waals surface area contributed by atoms with Crippen molar-refractivity contribution in [3.05, 3.63) is 37.0 Å². The minimum Gasteiger partial charge on any atom is -0.855 e. The first-order chi connectivity index (χ1) is 28.4. The van der Waals surface area contributed by atoms with Crippen LogP contribution in [-0.4, -0.2) is 143 Å². The Balaban J connectivity index is 0. The van der Waals surface area contributed by atoms with Gasteiger partial charge in [0, 0.05) is 38.7 Å². The van der Waals surface area contributed by atoms with Crippen molar-refractivity contribution >= 4 is 58.1 Å². The number of ether oxygens (including phenoxy) is 6. The molecule has 0 radical (unpaired) electrons. The smallest absolute Gasteiger partial charge is 0.855 e. The Bertz CT molecular complexity index is 1560. The number of aliphatic hydroxyl groups is 2. The van der Waals surface area contributed by atoms with Crippen molar-refractivity contribution < 1.29 is 107 Å². The fraction of sp³-hybridized carbons (Fsp3) is 0.675. The third-order valence-electron chi connectivity index (χ3n) is 7.67. The van der Waals surface area contributed by atoms with Crippen molar-refractivity contribution in [2.24, 2.45) is 15.9 Å². The standard InChI is InChI=1S/C18H25BrN2O7.C18H28N2O7.C2H6O.C2H5O.Na/c1-6-7-26-16(24)20-11-8-10-12(19)14(27-9(2)22)13(11)21(15(10)23)17(25)28-18(3,4)5;1-6-8-26-16(23)19-12-9-11(15(22)25-7-2)10-13(21)14(12)20-17(24)27-18(3,4)5;2*1-2-3;/h6,10-14H,1,7-8H2,2-5H3,(H,20,24);6,10,12-14,21H,1,7-9H2,2-5H3,(H,19,23)(H,20,24);3H,2H2,1H3;2H2,1H3;/q;;;-1;+1/p-2/t;12-,13+,14+;;;/m.0.../s1. The average molecular weight is 958 g/mol. The van der Waals surface area contributed by atoms with Crippen LogP contribution in [0.2, 0.25) is 0 Å². The molecule has 3 amide bonds. The van der Waals surface area contributed by atoms with Gasteiger partial charge in [-0.3, -0.25) is 19.6 Å². The molecule has 1 saturated carbocycles. The summed E-state index contributed by atoms with van der Waals surface area (Å²) in [5.41, 5.74) is -1.42. The fourth-order valence-electron chi connectivity index (χ4n) is 5.72. The summed E-state index contributed by atoms with van der Waals surface area (Å²) in [6.07, 6.45) is -1.29. The Labute approximate surface area is 394 Å². The number of esters is 2. The van der Waals surface area contributed by atoms with Gasteiger partial charge in [-0.2, -0.15) is 0 Å². The van der Waals surface area contributed by atoms with E-state index in [0.29, 0.717) is 0 Å². The van der Waals surface area contributed by atoms with E-state index in [-0.39, 0.29) is 81.0 Å². The van der Waals surface area contributed by atoms with Gasteiger partial charge in [0.25, 0.3) is 0 Å². The van der Waals surface area contributed by atoms with Gasteiger partial charge in [-0.1, -0.05) is 35.0 Å². The van der Waals surface area contributed by atoms with Gasteiger partial charge in [-0.05, 0) is 67.9 Å². The van der Waals surface area contributed by atoms with E-state index in [9.17, 15) is 39.3 Å². The molecule has 2 aliphatic heterocycles. The van der Waals surface area contributed by atoms with Crippen molar-refractivity contribution in [3.63, 3.8) is 0 Å². The number of alkyl halides is 1. The third-order valence-corrected chi connectivity index (χ3v) is 8.82. The number of nitrogens with one attached hydrogen (secondary N) is 1. The molecule has 2 saturated heterocycles. The molecule has 4 aliphatic rings. The number of hydrogen-bond acceptors (Lipinski definition) is 18. The maximum Gasteiger partial charge on any atom is 1.00 e. The van der Waals surface area contributed by atoms with Crippen LogP contribution < -0.4 is 50.2 Å². The number of carbonyl (C=O) groups excluding carboxylic acids is 5. The van der Waals surface area contributed by atoms with E-state index in [1.165, 1.54) is 25.2 Å². The minimum absolute atomic E-state index is 0. The normalized spacial score (nSPS) is 24.2. The molecule has 3 fully saturated rings. The fourth-order valence-corrected chi connectivity index (χ4v) is 6.58. The number of piperidine rings is 2. The number of hydrogen-bond donors (Lipinski definition) is 3. The molecule has 62 heavy (non-hydrogen) atoms. The topological polar surface area (TPSA) is 290 Å². The number of carbonyl (C=O) groups is 5. The maximum atomic E-state index is 12.8. The summed E-state index contributed by atoms with van der Waals surface area (Å²) in [7, 11) is 0. The van der Waals surface area contributed by atoms with E-state index < -0.39 is 101 Å². The van der Waals surface area contributed by atoms with E-state index in [2.05, 4.69) is 44.4 Å². The number of fused-ring (bicyclic) bond motifs is 3. The molecule has 0 aromatic heterocycles. The predicted molar refractivity (Wildman–Crippen MR) is 220 cm³/mol. The number of halogens is 1. The van der Waals surface area contributed by atoms with Gasteiger partial charge in [-0.15, -0.1) is 19.8 Å². The van der Waals surface area contributed by atoms with Crippen LogP contribution in [0.3, 0.4) is 0 Å². The summed E-state index contributed by atoms with van der Waals surface area (Å²) < 4.78 is 30.5. The third kappa shape index (κ3) is 21.6. The molecule has 0 aromatic carbocycles. The van der Waals surface area contributed by atoms with Crippen LogP contribution in [0.15, 0.2) is 46.9 Å². The van der Waals surface area contributed by atoms with Gasteiger partial charge in [0.15, 0.2) is 0 Å². The van der Waals surface area contributed by atoms with Crippen molar-refractivity contribution in [2.45, 2.75) is 134 Å². The van der Waals surface area contributed by atoms with E-state index in [1.807, 2.05) is 0 Å². The van der Waals surface area contributed by atoms with Gasteiger partial charge < -0.3 is 59.3 Å². The van der Waals surface area contributed by atoms with E-state index in [4.69, 9.17) is 38.6 Å². The van der Waals surface area contributed by atoms with Gasteiger partial charge >= 0.3 is 53.7 Å². The second kappa shape index (κ2) is 29.6. The summed E-state index contributed by atoms with van der Waals surface area (Å²) in [5.74, 6) is -2.38. The molecule has 2 aliphatic carbocycles. The Morgan fingerprint density at radius 2 is 1.44 bits per heavy atom. The van der Waals surface area contributed by atoms with Gasteiger partial charge in [0.05, 0.1) is 41.6 Å². The van der Waals surface area contributed by atoms with E-state index >= 15 is 0 Å². The van der Waals surface area contributed by atoms with E-state index in [0.717, 1.165) is 4.90 Å². The largest absolute Gasteiger partial charge is 1.00 e. The van der Waals surface area contributed by atoms with Crippen LogP contribution in [-0.2, 0) is 42.8 Å². The van der Waals surface area contributed by atoms with Crippen molar-refractivity contribution in [3.8, 4) is 0 Å². The van der Waals surface area contributed by atoms with Gasteiger partial charge in [0.2, 0.25) is 5.91 Å². The van der Waals surface area contributed by atoms with Crippen LogP contribution in [0.1, 0.15) is 82.1 Å². The summed E-state index contributed by atoms with van der Waals surface area (Å²) in [5, 5.41) is 53.2. The molecule has 8 atom stereocenters.